The molecule has 0 aliphatic heterocycles. The fourth-order valence-corrected chi connectivity index (χ4v) is 3.70. The summed E-state index contributed by atoms with van der Waals surface area (Å²) in [6.45, 7) is 6.48. The number of hydrogen-bond acceptors (Lipinski definition) is 5. The lowest BCUT2D eigenvalue weighted by molar-refractivity contribution is -0.119. The van der Waals surface area contributed by atoms with Crippen molar-refractivity contribution < 1.29 is 9.32 Å². The molecule has 32 heavy (non-hydrogen) atoms. The molecule has 0 aliphatic rings. The van der Waals surface area contributed by atoms with Gasteiger partial charge in [-0.1, -0.05) is 54.9 Å². The van der Waals surface area contributed by atoms with Gasteiger partial charge < -0.3 is 9.42 Å². The zero-order chi connectivity index (χ0) is 22.8. The van der Waals surface area contributed by atoms with Crippen LogP contribution in [0.3, 0.4) is 0 Å². The molecule has 164 valence electrons. The van der Waals surface area contributed by atoms with E-state index in [-0.39, 0.29) is 29.1 Å². The summed E-state index contributed by atoms with van der Waals surface area (Å²) in [5.41, 5.74) is 2.77. The number of aromatic nitrogens is 3. The van der Waals surface area contributed by atoms with Gasteiger partial charge in [-0.25, -0.2) is 4.98 Å². The third kappa shape index (κ3) is 4.16. The fraction of sp³-hybridized carbons (Fsp3) is 0.250. The van der Waals surface area contributed by atoms with Crippen LogP contribution in [0.25, 0.3) is 22.4 Å². The summed E-state index contributed by atoms with van der Waals surface area (Å²) in [6.07, 6.45) is 1.31. The summed E-state index contributed by atoms with van der Waals surface area (Å²) in [5.74, 6) is 0.196. The molecule has 0 atom stereocenters. The number of amides is 1. The molecule has 4 rings (SSSR count). The monoisotopic (exact) mass is 450 g/mol. The van der Waals surface area contributed by atoms with Crippen LogP contribution in [0, 0.1) is 0 Å². The van der Waals surface area contributed by atoms with E-state index in [1.54, 1.807) is 29.2 Å². The van der Waals surface area contributed by atoms with Crippen molar-refractivity contribution in [2.75, 3.05) is 11.4 Å². The van der Waals surface area contributed by atoms with Crippen LogP contribution in [-0.2, 0) is 11.3 Å². The summed E-state index contributed by atoms with van der Waals surface area (Å²) >= 11 is 5.96. The Kier molecular flexibility index (Phi) is 6.10. The Morgan fingerprint density at radius 3 is 2.44 bits per heavy atom. The highest BCUT2D eigenvalue weighted by Crippen LogP contribution is 2.26. The van der Waals surface area contributed by atoms with Crippen LogP contribution in [-0.4, -0.2) is 27.2 Å². The predicted octanol–water partition coefficient (Wildman–Crippen LogP) is 4.88. The summed E-state index contributed by atoms with van der Waals surface area (Å²) in [6, 6.07) is 14.8. The Labute approximate surface area is 190 Å². The summed E-state index contributed by atoms with van der Waals surface area (Å²) < 4.78 is 6.52. The van der Waals surface area contributed by atoms with Crippen molar-refractivity contribution >= 4 is 34.3 Å². The van der Waals surface area contributed by atoms with E-state index in [4.69, 9.17) is 16.1 Å². The standard InChI is InChI=1S/C24H23ClN4O3/c1-4-29(19-11-7-16(8-12-19)15(2)3)20(30)13-28-14-26-23-21(24(28)31)22(27-32-23)17-5-9-18(25)10-6-17/h5-12,14-15H,4,13H2,1-3H3. The quantitative estimate of drug-likeness (QED) is 0.418. The predicted molar refractivity (Wildman–Crippen MR) is 125 cm³/mol. The van der Waals surface area contributed by atoms with Crippen molar-refractivity contribution in [2.24, 2.45) is 0 Å². The van der Waals surface area contributed by atoms with Gasteiger partial charge in [0, 0.05) is 22.8 Å². The Morgan fingerprint density at radius 2 is 1.81 bits per heavy atom. The molecule has 0 spiro atoms. The van der Waals surface area contributed by atoms with Gasteiger partial charge in [0.25, 0.3) is 11.3 Å². The number of rotatable bonds is 6. The van der Waals surface area contributed by atoms with E-state index in [2.05, 4.69) is 24.0 Å². The van der Waals surface area contributed by atoms with Crippen LogP contribution in [0.2, 0.25) is 5.02 Å². The van der Waals surface area contributed by atoms with E-state index in [0.29, 0.717) is 28.7 Å². The molecular formula is C24H23ClN4O3. The van der Waals surface area contributed by atoms with Crippen molar-refractivity contribution in [2.45, 2.75) is 33.2 Å². The maximum absolute atomic E-state index is 13.2. The average Bonchev–Trinajstić information content (AvgIpc) is 3.22. The van der Waals surface area contributed by atoms with Crippen LogP contribution >= 0.6 is 11.6 Å². The Hall–Kier alpha value is -3.45. The third-order valence-electron chi connectivity index (χ3n) is 5.38. The number of halogens is 1. The fourth-order valence-electron chi connectivity index (χ4n) is 3.57. The maximum Gasteiger partial charge on any atom is 0.267 e. The van der Waals surface area contributed by atoms with Crippen molar-refractivity contribution in [1.82, 2.24) is 14.7 Å². The molecule has 4 aromatic rings. The number of carbonyl (C=O) groups excluding carboxylic acids is 1. The molecule has 0 bridgehead atoms. The third-order valence-corrected chi connectivity index (χ3v) is 5.63. The first-order valence-electron chi connectivity index (χ1n) is 10.4. The van der Waals surface area contributed by atoms with Gasteiger partial charge in [-0.2, -0.15) is 0 Å². The van der Waals surface area contributed by atoms with E-state index in [0.717, 1.165) is 5.69 Å². The molecule has 0 N–H and O–H groups in total. The van der Waals surface area contributed by atoms with Crippen molar-refractivity contribution in [1.29, 1.82) is 0 Å². The van der Waals surface area contributed by atoms with Crippen LogP contribution in [0.5, 0.6) is 0 Å². The van der Waals surface area contributed by atoms with Gasteiger partial charge in [-0.3, -0.25) is 14.2 Å². The van der Waals surface area contributed by atoms with E-state index in [1.807, 2.05) is 31.2 Å². The second kappa shape index (κ2) is 8.96. The molecular weight excluding hydrogens is 428 g/mol. The van der Waals surface area contributed by atoms with Crippen LogP contribution in [0.4, 0.5) is 5.69 Å². The van der Waals surface area contributed by atoms with E-state index >= 15 is 0 Å². The lowest BCUT2D eigenvalue weighted by Gasteiger charge is -2.22. The summed E-state index contributed by atoms with van der Waals surface area (Å²) in [5, 5.41) is 4.81. The minimum atomic E-state index is -0.388. The molecule has 8 heteroatoms. The minimum Gasteiger partial charge on any atom is -0.335 e. The average molecular weight is 451 g/mol. The molecule has 2 aromatic heterocycles. The number of likely N-dealkylation sites (N-methyl/N-ethyl adjacent to an activating group) is 1. The first-order valence-corrected chi connectivity index (χ1v) is 10.8. The van der Waals surface area contributed by atoms with Gasteiger partial charge >= 0.3 is 0 Å². The lowest BCUT2D eigenvalue weighted by Crippen LogP contribution is -2.36. The van der Waals surface area contributed by atoms with Gasteiger partial charge in [0.1, 0.15) is 24.0 Å². The highest BCUT2D eigenvalue weighted by molar-refractivity contribution is 6.30. The minimum absolute atomic E-state index is 0.125. The zero-order valence-electron chi connectivity index (χ0n) is 18.1. The van der Waals surface area contributed by atoms with E-state index < -0.39 is 0 Å². The lowest BCUT2D eigenvalue weighted by atomic mass is 10.0. The first-order chi connectivity index (χ1) is 15.4. The number of nitrogens with zero attached hydrogens (tertiary/aromatic N) is 4. The topological polar surface area (TPSA) is 81.2 Å². The molecule has 0 saturated heterocycles. The number of hydrogen-bond donors (Lipinski definition) is 0. The highest BCUT2D eigenvalue weighted by atomic mass is 35.5. The number of anilines is 1. The van der Waals surface area contributed by atoms with Crippen LogP contribution in [0.15, 0.2) is 64.2 Å². The van der Waals surface area contributed by atoms with Gasteiger partial charge in [-0.15, -0.1) is 0 Å². The largest absolute Gasteiger partial charge is 0.335 e. The summed E-state index contributed by atoms with van der Waals surface area (Å²) in [4.78, 5) is 32.1. The van der Waals surface area contributed by atoms with Gasteiger partial charge in [0.15, 0.2) is 0 Å². The smallest absolute Gasteiger partial charge is 0.267 e. The Morgan fingerprint density at radius 1 is 1.12 bits per heavy atom. The Balaban J connectivity index is 1.65. The van der Waals surface area contributed by atoms with Crippen molar-refractivity contribution in [3.8, 4) is 11.3 Å². The highest BCUT2D eigenvalue weighted by Gasteiger charge is 2.20. The summed E-state index contributed by atoms with van der Waals surface area (Å²) in [7, 11) is 0. The second-order valence-corrected chi connectivity index (χ2v) is 8.22. The number of carbonyl (C=O) groups is 1. The normalized spacial score (nSPS) is 11.3. The van der Waals surface area contributed by atoms with E-state index in [9.17, 15) is 9.59 Å². The molecule has 0 unspecified atom stereocenters. The molecule has 0 fully saturated rings. The van der Waals surface area contributed by atoms with Crippen molar-refractivity contribution in [3.05, 3.63) is 75.8 Å². The van der Waals surface area contributed by atoms with E-state index in [1.165, 1.54) is 16.5 Å². The molecule has 0 saturated carbocycles. The number of benzene rings is 2. The molecule has 2 aromatic carbocycles. The zero-order valence-corrected chi connectivity index (χ0v) is 18.8. The van der Waals surface area contributed by atoms with Crippen molar-refractivity contribution in [3.63, 3.8) is 0 Å². The maximum atomic E-state index is 13.2. The van der Waals surface area contributed by atoms with Gasteiger partial charge in [0.05, 0.1) is 0 Å². The molecule has 0 aliphatic carbocycles. The van der Waals surface area contributed by atoms with Gasteiger partial charge in [0.2, 0.25) is 5.91 Å². The van der Waals surface area contributed by atoms with Crippen LogP contribution in [0.1, 0.15) is 32.3 Å². The first kappa shape index (κ1) is 21.8. The number of fused-ring (bicyclic) bond motifs is 1. The SMILES string of the molecule is CCN(C(=O)Cn1cnc2onc(-c3ccc(Cl)cc3)c2c1=O)c1ccc(C(C)C)cc1. The second-order valence-electron chi connectivity index (χ2n) is 7.78. The molecule has 1 amide bonds. The van der Waals surface area contributed by atoms with Gasteiger partial charge in [-0.05, 0) is 42.7 Å². The van der Waals surface area contributed by atoms with Crippen LogP contribution < -0.4 is 10.5 Å². The Bertz CT molecular complexity index is 1310. The molecule has 7 nitrogen and oxygen atoms in total. The molecule has 0 radical (unpaired) electrons. The molecule has 2 heterocycles.